The quantitative estimate of drug-likeness (QED) is 0.0246. The molecule has 20 nitrogen and oxygen atoms in total. The number of aromatic hydroxyl groups is 1. The van der Waals surface area contributed by atoms with Gasteiger partial charge < -0.3 is 70.7 Å². The summed E-state index contributed by atoms with van der Waals surface area (Å²) in [6.07, 6.45) is 6.77. The largest absolute Gasteiger partial charge is 0.508 e. The Kier molecular flexibility index (Phi) is 22.7. The van der Waals surface area contributed by atoms with E-state index in [4.69, 9.17) is 28.7 Å². The van der Waals surface area contributed by atoms with Crippen molar-refractivity contribution in [3.63, 3.8) is 0 Å². The molecule has 0 aliphatic heterocycles. The smallest absolute Gasteiger partial charge is 0.242 e. The van der Waals surface area contributed by atoms with Gasteiger partial charge in [-0.1, -0.05) is 0 Å². The van der Waals surface area contributed by atoms with E-state index < -0.39 is 41.6 Å². The van der Waals surface area contributed by atoms with Gasteiger partial charge in [-0.05, 0) is 83.0 Å². The van der Waals surface area contributed by atoms with Crippen LogP contribution in [0.2, 0.25) is 0 Å². The number of phenolic OH excluding ortho intramolecular Hbond substituents is 1. The Morgan fingerprint density at radius 1 is 0.754 bits per heavy atom. The number of aromatic amines is 1. The van der Waals surface area contributed by atoms with Crippen molar-refractivity contribution in [2.24, 2.45) is 39.6 Å². The van der Waals surface area contributed by atoms with Crippen molar-refractivity contribution in [3.8, 4) is 5.75 Å². The molecule has 1 heterocycles. The first kappa shape index (κ1) is 47.7. The first-order valence-electron chi connectivity index (χ1n) is 19.5. The van der Waals surface area contributed by atoms with Gasteiger partial charge in [-0.3, -0.25) is 33.8 Å². The van der Waals surface area contributed by atoms with Gasteiger partial charge >= 0.3 is 0 Å². The number of primary amides is 1. The minimum absolute atomic E-state index is 0.0278. The van der Waals surface area contributed by atoms with Crippen LogP contribution in [0.3, 0.4) is 0 Å². The number of benzene rings is 1. The van der Waals surface area contributed by atoms with E-state index in [0.29, 0.717) is 114 Å². The molecule has 0 saturated carbocycles. The number of aromatic nitrogens is 1. The lowest BCUT2D eigenvalue weighted by Gasteiger charge is -2.20. The van der Waals surface area contributed by atoms with Gasteiger partial charge in [0.15, 0.2) is 5.96 Å². The second-order valence-electron chi connectivity index (χ2n) is 13.8. The van der Waals surface area contributed by atoms with Crippen molar-refractivity contribution in [1.82, 2.24) is 31.6 Å². The van der Waals surface area contributed by atoms with Gasteiger partial charge in [-0.25, -0.2) is 0 Å². The van der Waals surface area contributed by atoms with Gasteiger partial charge in [0.05, 0.1) is 23.2 Å². The Morgan fingerprint density at radius 2 is 1.44 bits per heavy atom. The molecule has 2 aromatic rings. The van der Waals surface area contributed by atoms with Crippen molar-refractivity contribution in [2.75, 3.05) is 51.1 Å². The van der Waals surface area contributed by atoms with Crippen LogP contribution in [-0.4, -0.2) is 109 Å². The molecule has 0 fully saturated rings. The summed E-state index contributed by atoms with van der Waals surface area (Å²) in [7, 11) is 0. The summed E-state index contributed by atoms with van der Waals surface area (Å²) in [5.41, 5.74) is 28.6. The van der Waals surface area contributed by atoms with Gasteiger partial charge in [-0.2, -0.15) is 0 Å². The number of nitrogens with zero attached hydrogens (tertiary/aromatic N) is 1. The zero-order valence-corrected chi connectivity index (χ0v) is 32.7. The molecule has 0 aliphatic carbocycles. The van der Waals surface area contributed by atoms with E-state index in [-0.39, 0.29) is 36.4 Å². The molecule has 6 amide bonds. The standard InChI is InChI=1S/C37H63N13O7/c38-13-6-9-28(50-35(56)27(39)8-7-18-47-37(41)42)36(57)46-17-5-4-14-43-19-12-32(53)44-15-2-1-3-16-45-34(55)24(20-31(40)52)21-33(54)49-30-23-48-29-22-25(51)10-11-26(29)30/h10-11,22-24,27-28,43,48,51H,1-9,12-21,38-39H2,(H2,40,52)(H,44,53)(H,45,55)(H,46,57)(H,49,54)(H,50,56)(H4,41,42,47). The maximum Gasteiger partial charge on any atom is 0.242 e. The molecule has 0 radical (unpaired) electrons. The number of guanidine groups is 1. The third-order valence-electron chi connectivity index (χ3n) is 8.91. The molecule has 1 aromatic carbocycles. The number of fused-ring (bicyclic) bond motifs is 1. The molecule has 20 heteroatoms. The Bertz CT molecular complexity index is 1610. The van der Waals surface area contributed by atoms with Crippen LogP contribution in [0.5, 0.6) is 5.75 Å². The number of phenols is 1. The fourth-order valence-corrected chi connectivity index (χ4v) is 5.80. The molecule has 1 aromatic heterocycles. The Hall–Kier alpha value is -5.47. The first-order chi connectivity index (χ1) is 27.3. The van der Waals surface area contributed by atoms with Crippen LogP contribution in [0.25, 0.3) is 10.9 Å². The summed E-state index contributed by atoms with van der Waals surface area (Å²) in [6.45, 7) is 3.16. The highest BCUT2D eigenvalue weighted by Gasteiger charge is 2.25. The van der Waals surface area contributed by atoms with Crippen LogP contribution in [0.15, 0.2) is 29.4 Å². The van der Waals surface area contributed by atoms with Crippen LogP contribution in [-0.2, 0) is 28.8 Å². The number of H-pyrrole nitrogens is 1. The van der Waals surface area contributed by atoms with Gasteiger partial charge in [0, 0.05) is 69.6 Å². The second kappa shape index (κ2) is 27.2. The first-order valence-corrected chi connectivity index (χ1v) is 19.5. The highest BCUT2D eigenvalue weighted by Crippen LogP contribution is 2.26. The summed E-state index contributed by atoms with van der Waals surface area (Å²) in [4.78, 5) is 81.4. The minimum Gasteiger partial charge on any atom is -0.508 e. The number of anilines is 1. The lowest BCUT2D eigenvalue weighted by molar-refractivity contribution is -0.131. The van der Waals surface area contributed by atoms with Crippen LogP contribution in [0, 0.1) is 5.92 Å². The van der Waals surface area contributed by atoms with Gasteiger partial charge in [0.25, 0.3) is 0 Å². The van der Waals surface area contributed by atoms with E-state index in [1.165, 1.54) is 12.1 Å². The van der Waals surface area contributed by atoms with Crippen LogP contribution < -0.4 is 60.6 Å². The van der Waals surface area contributed by atoms with E-state index in [1.807, 2.05) is 0 Å². The molecule has 3 atom stereocenters. The molecule has 57 heavy (non-hydrogen) atoms. The summed E-state index contributed by atoms with van der Waals surface area (Å²) < 4.78 is 0. The molecule has 0 spiro atoms. The lowest BCUT2D eigenvalue weighted by atomic mass is 9.99. The normalized spacial score (nSPS) is 12.5. The van der Waals surface area contributed by atoms with E-state index in [0.717, 1.165) is 12.8 Å². The van der Waals surface area contributed by atoms with E-state index in [9.17, 15) is 33.9 Å². The predicted octanol–water partition coefficient (Wildman–Crippen LogP) is -1.42. The molecule has 318 valence electrons. The number of carbonyl (C=O) groups excluding carboxylic acids is 6. The third-order valence-corrected chi connectivity index (χ3v) is 8.91. The number of amides is 6. The average Bonchev–Trinajstić information content (AvgIpc) is 3.55. The molecule has 18 N–H and O–H groups in total. The van der Waals surface area contributed by atoms with E-state index in [2.05, 4.69) is 41.9 Å². The SMILES string of the molecule is NCCCC(NC(=O)C(N)CCCN=C(N)N)C(=O)NCCCCNCCC(=O)NCCCCCNC(=O)C(CC(N)=O)CC(=O)Nc1c[nH]c2cc(O)ccc12. The number of nitrogens with two attached hydrogens (primary N) is 5. The number of carbonyl (C=O) groups is 6. The number of hydrogen-bond acceptors (Lipinski definition) is 11. The molecule has 0 saturated heterocycles. The van der Waals surface area contributed by atoms with Crippen molar-refractivity contribution >= 4 is 58.0 Å². The van der Waals surface area contributed by atoms with Crippen LogP contribution >= 0.6 is 0 Å². The number of unbranched alkanes of at least 4 members (excludes halogenated alkanes) is 3. The van der Waals surface area contributed by atoms with Crippen molar-refractivity contribution < 1.29 is 33.9 Å². The third kappa shape index (κ3) is 20.3. The van der Waals surface area contributed by atoms with E-state index in [1.54, 1.807) is 12.3 Å². The molecule has 0 bridgehead atoms. The molecular weight excluding hydrogens is 738 g/mol. The minimum atomic E-state index is -0.929. The van der Waals surface area contributed by atoms with Crippen molar-refractivity contribution in [1.29, 1.82) is 0 Å². The topological polar surface area (TPSA) is 353 Å². The zero-order valence-electron chi connectivity index (χ0n) is 32.7. The highest BCUT2D eigenvalue weighted by atomic mass is 16.3. The fourth-order valence-electron chi connectivity index (χ4n) is 5.80. The second-order valence-corrected chi connectivity index (χ2v) is 13.8. The summed E-state index contributed by atoms with van der Waals surface area (Å²) in [5.74, 6) is -3.27. The molecule has 0 aliphatic rings. The fraction of sp³-hybridized carbons (Fsp3) is 0.595. The van der Waals surface area contributed by atoms with Gasteiger partial charge in [0.1, 0.15) is 11.8 Å². The van der Waals surface area contributed by atoms with Crippen LogP contribution in [0.1, 0.15) is 77.0 Å². The number of rotatable bonds is 30. The molecule has 3 unspecified atom stereocenters. The van der Waals surface area contributed by atoms with Crippen molar-refractivity contribution in [3.05, 3.63) is 24.4 Å². The predicted molar refractivity (Wildman–Crippen MR) is 218 cm³/mol. The number of nitrogens with one attached hydrogen (secondary N) is 7. The lowest BCUT2D eigenvalue weighted by Crippen LogP contribution is -2.51. The monoisotopic (exact) mass is 801 g/mol. The highest BCUT2D eigenvalue weighted by molar-refractivity contribution is 6.03. The Balaban J connectivity index is 1.53. The number of hydrogen-bond donors (Lipinski definition) is 13. The summed E-state index contributed by atoms with van der Waals surface area (Å²) in [5, 5.41) is 27.5. The Labute approximate surface area is 333 Å². The van der Waals surface area contributed by atoms with E-state index >= 15 is 0 Å². The average molecular weight is 802 g/mol. The Morgan fingerprint density at radius 3 is 2.14 bits per heavy atom. The summed E-state index contributed by atoms with van der Waals surface area (Å²) >= 11 is 0. The maximum absolute atomic E-state index is 12.8. The molecule has 2 rings (SSSR count). The van der Waals surface area contributed by atoms with Crippen molar-refractivity contribution in [2.45, 2.75) is 89.1 Å². The van der Waals surface area contributed by atoms with Gasteiger partial charge in [-0.15, -0.1) is 0 Å². The number of aliphatic imine (C=N–C) groups is 1. The van der Waals surface area contributed by atoms with Gasteiger partial charge in [0.2, 0.25) is 35.4 Å². The molecular formula is C37H63N13O7. The summed E-state index contributed by atoms with van der Waals surface area (Å²) in [6, 6.07) is 3.14. The zero-order chi connectivity index (χ0) is 42.0. The maximum atomic E-state index is 12.8. The van der Waals surface area contributed by atoms with Crippen LogP contribution in [0.4, 0.5) is 5.69 Å².